The molecule has 1 rings (SSSR count). The van der Waals surface area contributed by atoms with E-state index in [4.69, 9.17) is 15.6 Å². The van der Waals surface area contributed by atoms with Gasteiger partial charge in [-0.25, -0.2) is 0 Å². The van der Waals surface area contributed by atoms with E-state index in [0.717, 1.165) is 11.3 Å². The highest BCUT2D eigenvalue weighted by Crippen LogP contribution is 2.19. The number of nitrogens with two attached hydrogens (primary N) is 1. The van der Waals surface area contributed by atoms with Crippen LogP contribution >= 0.6 is 0 Å². The number of ether oxygens (including phenoxy) is 1. The maximum atomic E-state index is 8.77. The SMILES string of the molecule is CCOc1ccc(N)c(CCO)c1. The first-order chi connectivity index (χ1) is 6.27. The van der Waals surface area contributed by atoms with Crippen molar-refractivity contribution < 1.29 is 9.84 Å². The number of hydrogen-bond acceptors (Lipinski definition) is 3. The third kappa shape index (κ3) is 2.63. The summed E-state index contributed by atoms with van der Waals surface area (Å²) in [6.45, 7) is 2.68. The molecule has 0 spiro atoms. The van der Waals surface area contributed by atoms with Gasteiger partial charge in [-0.15, -0.1) is 0 Å². The fourth-order valence-corrected chi connectivity index (χ4v) is 1.18. The number of hydrogen-bond donors (Lipinski definition) is 2. The quantitative estimate of drug-likeness (QED) is 0.686. The van der Waals surface area contributed by atoms with Crippen LogP contribution in [0.15, 0.2) is 18.2 Å². The number of aliphatic hydroxyl groups excluding tert-OH is 1. The van der Waals surface area contributed by atoms with Crippen LogP contribution in [0.25, 0.3) is 0 Å². The predicted molar refractivity (Wildman–Crippen MR) is 52.8 cm³/mol. The van der Waals surface area contributed by atoms with Crippen molar-refractivity contribution in [3.8, 4) is 5.75 Å². The number of anilines is 1. The Morgan fingerprint density at radius 3 is 2.85 bits per heavy atom. The van der Waals surface area contributed by atoms with E-state index >= 15 is 0 Å². The summed E-state index contributed by atoms with van der Waals surface area (Å²) < 4.78 is 5.31. The molecule has 1 aromatic rings. The molecule has 3 nitrogen and oxygen atoms in total. The average Bonchev–Trinajstić information content (AvgIpc) is 2.12. The lowest BCUT2D eigenvalue weighted by molar-refractivity contribution is 0.299. The zero-order chi connectivity index (χ0) is 9.68. The van der Waals surface area contributed by atoms with E-state index < -0.39 is 0 Å². The summed E-state index contributed by atoms with van der Waals surface area (Å²) in [6, 6.07) is 5.50. The lowest BCUT2D eigenvalue weighted by Crippen LogP contribution is -1.99. The highest BCUT2D eigenvalue weighted by Gasteiger charge is 2.00. The second-order valence-corrected chi connectivity index (χ2v) is 2.77. The van der Waals surface area contributed by atoms with E-state index in [1.165, 1.54) is 0 Å². The summed E-state index contributed by atoms with van der Waals surface area (Å²) in [4.78, 5) is 0. The van der Waals surface area contributed by atoms with Gasteiger partial charge in [-0.2, -0.15) is 0 Å². The molecule has 1 aromatic carbocycles. The van der Waals surface area contributed by atoms with Gasteiger partial charge in [0.15, 0.2) is 0 Å². The van der Waals surface area contributed by atoms with Gasteiger partial charge in [0.05, 0.1) is 6.61 Å². The molecule has 0 atom stereocenters. The van der Waals surface area contributed by atoms with E-state index in [2.05, 4.69) is 0 Å². The summed E-state index contributed by atoms with van der Waals surface area (Å²) in [6.07, 6.45) is 0.576. The van der Waals surface area contributed by atoms with Gasteiger partial charge in [0.2, 0.25) is 0 Å². The van der Waals surface area contributed by atoms with Gasteiger partial charge < -0.3 is 15.6 Å². The van der Waals surface area contributed by atoms with Crippen molar-refractivity contribution in [3.05, 3.63) is 23.8 Å². The van der Waals surface area contributed by atoms with Gasteiger partial charge in [0.25, 0.3) is 0 Å². The molecule has 3 N–H and O–H groups in total. The van der Waals surface area contributed by atoms with E-state index in [9.17, 15) is 0 Å². The molecule has 0 unspecified atom stereocenters. The lowest BCUT2D eigenvalue weighted by Gasteiger charge is -2.07. The molecule has 0 aliphatic heterocycles. The minimum atomic E-state index is 0.111. The first kappa shape index (κ1) is 9.86. The van der Waals surface area contributed by atoms with Crippen molar-refractivity contribution in [1.82, 2.24) is 0 Å². The lowest BCUT2D eigenvalue weighted by atomic mass is 10.1. The molecule has 13 heavy (non-hydrogen) atoms. The molecule has 0 fully saturated rings. The summed E-state index contributed by atoms with van der Waals surface area (Å²) in [5, 5.41) is 8.77. The fourth-order valence-electron chi connectivity index (χ4n) is 1.18. The Morgan fingerprint density at radius 1 is 1.46 bits per heavy atom. The van der Waals surface area contributed by atoms with Crippen molar-refractivity contribution in [1.29, 1.82) is 0 Å². The molecule has 0 aliphatic rings. The molecule has 0 aromatic heterocycles. The zero-order valence-corrected chi connectivity index (χ0v) is 7.79. The molecule has 72 valence electrons. The van der Waals surface area contributed by atoms with Crippen LogP contribution in [0, 0.1) is 0 Å². The Kier molecular flexibility index (Phi) is 3.58. The molecule has 0 radical (unpaired) electrons. The number of rotatable bonds is 4. The maximum Gasteiger partial charge on any atom is 0.119 e. The van der Waals surface area contributed by atoms with E-state index in [-0.39, 0.29) is 6.61 Å². The van der Waals surface area contributed by atoms with Crippen molar-refractivity contribution in [2.24, 2.45) is 0 Å². The highest BCUT2D eigenvalue weighted by atomic mass is 16.5. The molecular weight excluding hydrogens is 166 g/mol. The smallest absolute Gasteiger partial charge is 0.119 e. The molecule has 0 heterocycles. The largest absolute Gasteiger partial charge is 0.494 e. The number of aliphatic hydroxyl groups is 1. The summed E-state index contributed by atoms with van der Waals surface area (Å²) in [5.41, 5.74) is 7.35. The Labute approximate surface area is 78.1 Å². The van der Waals surface area contributed by atoms with Gasteiger partial charge in [0.1, 0.15) is 5.75 Å². The maximum absolute atomic E-state index is 8.77. The highest BCUT2D eigenvalue weighted by molar-refractivity contribution is 5.50. The zero-order valence-electron chi connectivity index (χ0n) is 7.79. The van der Waals surface area contributed by atoms with E-state index in [1.807, 2.05) is 19.1 Å². The van der Waals surface area contributed by atoms with Crippen molar-refractivity contribution in [3.63, 3.8) is 0 Å². The van der Waals surface area contributed by atoms with Crippen LogP contribution in [0.5, 0.6) is 5.75 Å². The van der Waals surface area contributed by atoms with E-state index in [0.29, 0.717) is 18.7 Å². The minimum Gasteiger partial charge on any atom is -0.494 e. The number of benzene rings is 1. The monoisotopic (exact) mass is 181 g/mol. The predicted octanol–water partition coefficient (Wildman–Crippen LogP) is 1.20. The minimum absolute atomic E-state index is 0.111. The van der Waals surface area contributed by atoms with Crippen LogP contribution in [-0.2, 0) is 6.42 Å². The second-order valence-electron chi connectivity index (χ2n) is 2.77. The average molecular weight is 181 g/mol. The van der Waals surface area contributed by atoms with Crippen molar-refractivity contribution in [2.75, 3.05) is 18.9 Å². The molecule has 0 bridgehead atoms. The Morgan fingerprint density at radius 2 is 2.23 bits per heavy atom. The molecular formula is C10H15NO2. The van der Waals surface area contributed by atoms with Gasteiger partial charge in [-0.1, -0.05) is 0 Å². The van der Waals surface area contributed by atoms with Crippen LogP contribution < -0.4 is 10.5 Å². The third-order valence-electron chi connectivity index (χ3n) is 1.81. The Hall–Kier alpha value is -1.22. The van der Waals surface area contributed by atoms with Gasteiger partial charge in [-0.05, 0) is 37.1 Å². The van der Waals surface area contributed by atoms with Crippen LogP contribution in [0.3, 0.4) is 0 Å². The summed E-state index contributed by atoms with van der Waals surface area (Å²) >= 11 is 0. The second kappa shape index (κ2) is 4.72. The molecule has 0 saturated heterocycles. The van der Waals surface area contributed by atoms with Crippen molar-refractivity contribution >= 4 is 5.69 Å². The fraction of sp³-hybridized carbons (Fsp3) is 0.400. The Balaban J connectivity index is 2.83. The topological polar surface area (TPSA) is 55.5 Å². The summed E-state index contributed by atoms with van der Waals surface area (Å²) in [7, 11) is 0. The first-order valence-corrected chi connectivity index (χ1v) is 4.40. The van der Waals surface area contributed by atoms with E-state index in [1.54, 1.807) is 6.07 Å². The van der Waals surface area contributed by atoms with Crippen LogP contribution in [-0.4, -0.2) is 18.3 Å². The molecule has 0 saturated carbocycles. The summed E-state index contributed by atoms with van der Waals surface area (Å²) in [5.74, 6) is 0.806. The van der Waals surface area contributed by atoms with Crippen LogP contribution in [0.1, 0.15) is 12.5 Å². The molecule has 0 aliphatic carbocycles. The van der Waals surface area contributed by atoms with Crippen LogP contribution in [0.2, 0.25) is 0 Å². The van der Waals surface area contributed by atoms with Gasteiger partial charge in [0, 0.05) is 12.3 Å². The Bertz CT molecular complexity index is 274. The van der Waals surface area contributed by atoms with Gasteiger partial charge in [-0.3, -0.25) is 0 Å². The normalized spacial score (nSPS) is 10.0. The first-order valence-electron chi connectivity index (χ1n) is 4.40. The van der Waals surface area contributed by atoms with Crippen molar-refractivity contribution in [2.45, 2.75) is 13.3 Å². The van der Waals surface area contributed by atoms with Crippen LogP contribution in [0.4, 0.5) is 5.69 Å². The van der Waals surface area contributed by atoms with Gasteiger partial charge >= 0.3 is 0 Å². The number of nitrogen functional groups attached to an aromatic ring is 1. The molecule has 0 amide bonds. The molecule has 3 heteroatoms. The standard InChI is InChI=1S/C10H15NO2/c1-2-13-9-3-4-10(11)8(7-9)5-6-12/h3-4,7,12H,2,5-6,11H2,1H3. The third-order valence-corrected chi connectivity index (χ3v) is 1.81.